The molecule has 0 aliphatic rings. The minimum atomic E-state index is -4.50. The fourth-order valence-electron chi connectivity index (χ4n) is 2.62. The van der Waals surface area contributed by atoms with Crippen molar-refractivity contribution >= 4 is 16.8 Å². The quantitative estimate of drug-likeness (QED) is 0.514. The molecule has 0 saturated heterocycles. The molecule has 0 bridgehead atoms. The number of aromatic nitrogens is 2. The molecule has 158 valence electrons. The molecule has 0 spiro atoms. The van der Waals surface area contributed by atoms with E-state index in [2.05, 4.69) is 10.1 Å². The Hall–Kier alpha value is -3.01. The summed E-state index contributed by atoms with van der Waals surface area (Å²) in [7, 11) is -1.36. The standard InChI is InChI=1S/C20H17F3N2O4S/c1-3-30(27)16-10-5-4-9-15(16)19(26)28-12(2)18-24-17(25-29-18)13-7-6-8-14(11-13)20(21,22)23/h4-12H,3H2,1-2H3/t12-,30-/m1/s1. The van der Waals surface area contributed by atoms with Crippen LogP contribution in [0.1, 0.15) is 41.8 Å². The van der Waals surface area contributed by atoms with E-state index in [0.29, 0.717) is 10.6 Å². The molecule has 0 unspecified atom stereocenters. The van der Waals surface area contributed by atoms with E-state index in [9.17, 15) is 22.2 Å². The van der Waals surface area contributed by atoms with Crippen molar-refractivity contribution in [2.75, 3.05) is 5.75 Å². The normalized spacial score (nSPS) is 13.6. The summed E-state index contributed by atoms with van der Waals surface area (Å²) in [4.78, 5) is 16.9. The lowest BCUT2D eigenvalue weighted by Gasteiger charge is -2.11. The summed E-state index contributed by atoms with van der Waals surface area (Å²) in [6.07, 6.45) is -5.47. The Morgan fingerprint density at radius 3 is 2.63 bits per heavy atom. The Labute approximate surface area is 172 Å². The molecule has 0 amide bonds. The highest BCUT2D eigenvalue weighted by atomic mass is 32.2. The maximum atomic E-state index is 12.9. The van der Waals surface area contributed by atoms with Crippen LogP contribution in [0, 0.1) is 0 Å². The van der Waals surface area contributed by atoms with Crippen molar-refractivity contribution in [2.45, 2.75) is 31.0 Å². The number of carbonyl (C=O) groups excluding carboxylic acids is 1. The monoisotopic (exact) mass is 438 g/mol. The third kappa shape index (κ3) is 4.76. The predicted octanol–water partition coefficient (Wildman–Crippen LogP) is 4.80. The van der Waals surface area contributed by atoms with Gasteiger partial charge in [-0.2, -0.15) is 18.2 Å². The third-order valence-electron chi connectivity index (χ3n) is 4.14. The van der Waals surface area contributed by atoms with Crippen molar-refractivity contribution < 1.29 is 31.4 Å². The van der Waals surface area contributed by atoms with Crippen molar-refractivity contribution in [1.29, 1.82) is 0 Å². The molecule has 0 fully saturated rings. The lowest BCUT2D eigenvalue weighted by atomic mass is 10.1. The number of hydrogen-bond acceptors (Lipinski definition) is 6. The van der Waals surface area contributed by atoms with Crippen LogP contribution in [0.3, 0.4) is 0 Å². The van der Waals surface area contributed by atoms with Crippen molar-refractivity contribution in [3.8, 4) is 11.4 Å². The summed E-state index contributed by atoms with van der Waals surface area (Å²) in [6.45, 7) is 3.22. The van der Waals surface area contributed by atoms with E-state index < -0.39 is 34.6 Å². The van der Waals surface area contributed by atoms with Gasteiger partial charge in [-0.05, 0) is 31.2 Å². The molecule has 2 atom stereocenters. The van der Waals surface area contributed by atoms with E-state index in [1.165, 1.54) is 25.1 Å². The molecule has 3 rings (SSSR count). The molecule has 3 aromatic rings. The number of ether oxygens (including phenoxy) is 1. The van der Waals surface area contributed by atoms with Crippen molar-refractivity contribution in [3.05, 3.63) is 65.5 Å². The Kier molecular flexibility index (Phi) is 6.35. The lowest BCUT2D eigenvalue weighted by molar-refractivity contribution is -0.137. The second-order valence-corrected chi connectivity index (χ2v) is 7.92. The summed E-state index contributed by atoms with van der Waals surface area (Å²) in [5.41, 5.74) is -0.574. The summed E-state index contributed by atoms with van der Waals surface area (Å²) in [5.74, 6) is -0.529. The van der Waals surface area contributed by atoms with Gasteiger partial charge >= 0.3 is 12.1 Å². The van der Waals surface area contributed by atoms with E-state index >= 15 is 0 Å². The molecule has 2 aromatic carbocycles. The second-order valence-electron chi connectivity index (χ2n) is 6.21. The van der Waals surface area contributed by atoms with Crippen LogP contribution in [-0.4, -0.2) is 26.1 Å². The molecule has 1 heterocycles. The van der Waals surface area contributed by atoms with Gasteiger partial charge in [0.1, 0.15) is 0 Å². The molecule has 1 aromatic heterocycles. The molecule has 6 nitrogen and oxygen atoms in total. The minimum Gasteiger partial charge on any atom is -0.449 e. The SMILES string of the molecule is CC[S@@](=O)c1ccccc1C(=O)O[C@H](C)c1nc(-c2cccc(C(F)(F)F)c2)no1. The van der Waals surface area contributed by atoms with Crippen LogP contribution in [-0.2, 0) is 21.7 Å². The highest BCUT2D eigenvalue weighted by molar-refractivity contribution is 7.85. The molecule has 30 heavy (non-hydrogen) atoms. The summed E-state index contributed by atoms with van der Waals surface area (Å²) < 4.78 is 61.2. The maximum Gasteiger partial charge on any atom is 0.416 e. The van der Waals surface area contributed by atoms with Gasteiger partial charge in [0, 0.05) is 11.3 Å². The van der Waals surface area contributed by atoms with Crippen molar-refractivity contribution in [3.63, 3.8) is 0 Å². The fraction of sp³-hybridized carbons (Fsp3) is 0.250. The summed E-state index contributed by atoms with van der Waals surface area (Å²) in [5, 5.41) is 3.68. The number of hydrogen-bond donors (Lipinski definition) is 0. The van der Waals surface area contributed by atoms with E-state index in [-0.39, 0.29) is 22.8 Å². The van der Waals surface area contributed by atoms with Crippen LogP contribution in [0.25, 0.3) is 11.4 Å². The summed E-state index contributed by atoms with van der Waals surface area (Å²) in [6, 6.07) is 10.9. The average molecular weight is 438 g/mol. The number of rotatable bonds is 6. The lowest BCUT2D eigenvalue weighted by Crippen LogP contribution is -2.12. The molecule has 0 aliphatic heterocycles. The van der Waals surface area contributed by atoms with Gasteiger partial charge in [0.05, 0.1) is 26.8 Å². The van der Waals surface area contributed by atoms with Crippen molar-refractivity contribution in [1.82, 2.24) is 10.1 Å². The van der Waals surface area contributed by atoms with Gasteiger partial charge in [-0.25, -0.2) is 4.79 Å². The topological polar surface area (TPSA) is 82.3 Å². The Balaban J connectivity index is 1.79. The van der Waals surface area contributed by atoms with Gasteiger partial charge < -0.3 is 9.26 Å². The molecule has 0 N–H and O–H groups in total. The number of esters is 1. The van der Waals surface area contributed by atoms with Gasteiger partial charge in [0.15, 0.2) is 6.10 Å². The third-order valence-corrected chi connectivity index (χ3v) is 5.51. The van der Waals surface area contributed by atoms with Crippen LogP contribution < -0.4 is 0 Å². The molecule has 0 radical (unpaired) electrons. The van der Waals surface area contributed by atoms with E-state index in [1.807, 2.05) is 0 Å². The number of benzene rings is 2. The van der Waals surface area contributed by atoms with E-state index in [4.69, 9.17) is 9.26 Å². The fourth-order valence-corrected chi connectivity index (χ4v) is 3.55. The Bertz CT molecular complexity index is 1080. The second kappa shape index (κ2) is 8.78. The average Bonchev–Trinajstić information content (AvgIpc) is 3.23. The van der Waals surface area contributed by atoms with Gasteiger partial charge in [0.2, 0.25) is 5.82 Å². The highest BCUT2D eigenvalue weighted by Gasteiger charge is 2.31. The van der Waals surface area contributed by atoms with E-state index in [0.717, 1.165) is 12.1 Å². The number of nitrogens with zero attached hydrogens (tertiary/aromatic N) is 2. The van der Waals surface area contributed by atoms with E-state index in [1.54, 1.807) is 25.1 Å². The maximum absolute atomic E-state index is 12.9. The van der Waals surface area contributed by atoms with Crippen LogP contribution in [0.5, 0.6) is 0 Å². The molecule has 0 saturated carbocycles. The first-order valence-electron chi connectivity index (χ1n) is 8.90. The molecular weight excluding hydrogens is 421 g/mol. The van der Waals surface area contributed by atoms with Crippen LogP contribution in [0.15, 0.2) is 57.9 Å². The number of alkyl halides is 3. The first kappa shape index (κ1) is 21.7. The van der Waals surface area contributed by atoms with Gasteiger partial charge in [-0.15, -0.1) is 0 Å². The van der Waals surface area contributed by atoms with Gasteiger partial charge in [-0.3, -0.25) is 4.21 Å². The van der Waals surface area contributed by atoms with Gasteiger partial charge in [0.25, 0.3) is 5.89 Å². The van der Waals surface area contributed by atoms with Gasteiger partial charge in [-0.1, -0.05) is 36.3 Å². The largest absolute Gasteiger partial charge is 0.449 e. The molecule has 0 aliphatic carbocycles. The van der Waals surface area contributed by atoms with Crippen molar-refractivity contribution in [2.24, 2.45) is 0 Å². The van der Waals surface area contributed by atoms with Crippen LogP contribution >= 0.6 is 0 Å². The number of halogens is 3. The Morgan fingerprint density at radius 2 is 1.93 bits per heavy atom. The summed E-state index contributed by atoms with van der Waals surface area (Å²) >= 11 is 0. The zero-order valence-electron chi connectivity index (χ0n) is 16.0. The zero-order chi connectivity index (χ0) is 21.9. The first-order valence-corrected chi connectivity index (χ1v) is 10.2. The molecular formula is C20H17F3N2O4S. The highest BCUT2D eigenvalue weighted by Crippen LogP contribution is 2.32. The van der Waals surface area contributed by atoms with Crippen LogP contribution in [0.4, 0.5) is 13.2 Å². The smallest absolute Gasteiger partial charge is 0.416 e. The Morgan fingerprint density at radius 1 is 1.20 bits per heavy atom. The predicted molar refractivity (Wildman–Crippen MR) is 102 cm³/mol. The van der Waals surface area contributed by atoms with Crippen LogP contribution in [0.2, 0.25) is 0 Å². The minimum absolute atomic E-state index is 0.0634. The number of carbonyl (C=O) groups is 1. The first-order chi connectivity index (χ1) is 14.2. The molecule has 10 heteroatoms. The zero-order valence-corrected chi connectivity index (χ0v) is 16.8.